The number of morpholine rings is 1. The van der Waals surface area contributed by atoms with E-state index < -0.39 is 0 Å². The quantitative estimate of drug-likeness (QED) is 0.590. The molecule has 1 heterocycles. The first-order valence-corrected chi connectivity index (χ1v) is 6.76. The summed E-state index contributed by atoms with van der Waals surface area (Å²) in [5.74, 6) is -0.261. The third-order valence-electron chi connectivity index (χ3n) is 3.19. The van der Waals surface area contributed by atoms with Crippen molar-refractivity contribution in [2.24, 2.45) is 0 Å². The van der Waals surface area contributed by atoms with Gasteiger partial charge in [0.2, 0.25) is 5.91 Å². The van der Waals surface area contributed by atoms with Crippen molar-refractivity contribution >= 4 is 11.9 Å². The lowest BCUT2D eigenvalue weighted by molar-refractivity contribution is -0.123. The number of urea groups is 1. The van der Waals surface area contributed by atoms with E-state index in [9.17, 15) is 9.59 Å². The average Bonchev–Trinajstić information content (AvgIpc) is 3.13. The summed E-state index contributed by atoms with van der Waals surface area (Å²) in [6, 6.07) is -0.122. The number of carbonyl (C=O) groups is 2. The van der Waals surface area contributed by atoms with Crippen LogP contribution in [0.2, 0.25) is 0 Å². The third kappa shape index (κ3) is 5.14. The first-order valence-electron chi connectivity index (χ1n) is 6.76. The summed E-state index contributed by atoms with van der Waals surface area (Å²) >= 11 is 0. The Kier molecular flexibility index (Phi) is 5.12. The molecule has 7 heteroatoms. The number of imide groups is 1. The summed E-state index contributed by atoms with van der Waals surface area (Å²) in [4.78, 5) is 25.1. The minimum Gasteiger partial charge on any atom is -0.374 e. The van der Waals surface area contributed by atoms with E-state index in [1.54, 1.807) is 0 Å². The van der Waals surface area contributed by atoms with Crippen LogP contribution >= 0.6 is 0 Å². The Bertz CT molecular complexity index is 331. The molecule has 1 unspecified atom stereocenters. The van der Waals surface area contributed by atoms with Gasteiger partial charge < -0.3 is 15.4 Å². The van der Waals surface area contributed by atoms with Crippen LogP contribution in [0.4, 0.5) is 4.79 Å². The lowest BCUT2D eigenvalue weighted by Crippen LogP contribution is -2.51. The Morgan fingerprint density at radius 1 is 1.37 bits per heavy atom. The fraction of sp³-hybridized carbons (Fsp3) is 0.833. The number of ether oxygens (including phenoxy) is 1. The van der Waals surface area contributed by atoms with Gasteiger partial charge in [-0.1, -0.05) is 0 Å². The molecule has 3 amide bonds. The molecule has 0 aromatic carbocycles. The first kappa shape index (κ1) is 14.2. The molecule has 1 aliphatic heterocycles. The third-order valence-corrected chi connectivity index (χ3v) is 3.19. The molecular weight excluding hydrogens is 248 g/mol. The number of carbonyl (C=O) groups excluding carboxylic acids is 2. The van der Waals surface area contributed by atoms with Gasteiger partial charge in [-0.3, -0.25) is 15.0 Å². The molecular formula is C12H22N4O3. The number of nitrogens with zero attached hydrogens (tertiary/aromatic N) is 1. The lowest BCUT2D eigenvalue weighted by Gasteiger charge is -2.32. The van der Waals surface area contributed by atoms with Gasteiger partial charge in [0.15, 0.2) is 0 Å². The van der Waals surface area contributed by atoms with Gasteiger partial charge >= 0.3 is 6.03 Å². The molecule has 108 valence electrons. The van der Waals surface area contributed by atoms with Crippen LogP contribution in [0, 0.1) is 0 Å². The number of hydrogen-bond acceptors (Lipinski definition) is 5. The van der Waals surface area contributed by atoms with Gasteiger partial charge in [-0.05, 0) is 19.9 Å². The van der Waals surface area contributed by atoms with Crippen LogP contribution in [0.15, 0.2) is 0 Å². The van der Waals surface area contributed by atoms with Gasteiger partial charge in [-0.2, -0.15) is 0 Å². The summed E-state index contributed by atoms with van der Waals surface area (Å²) in [6.45, 7) is 3.05. The van der Waals surface area contributed by atoms with E-state index in [0.717, 1.165) is 25.9 Å². The molecule has 0 radical (unpaired) electrons. The fourth-order valence-corrected chi connectivity index (χ4v) is 2.09. The highest BCUT2D eigenvalue weighted by Crippen LogP contribution is 2.18. The SMILES string of the molecule is CNCC1CN(CC(=O)NC(=O)NC2CC2)CCO1. The maximum Gasteiger partial charge on any atom is 0.321 e. The topological polar surface area (TPSA) is 82.7 Å². The predicted octanol–water partition coefficient (Wildman–Crippen LogP) is -1.11. The zero-order valence-electron chi connectivity index (χ0n) is 11.3. The summed E-state index contributed by atoms with van der Waals surface area (Å²) in [5, 5.41) is 8.14. The van der Waals surface area contributed by atoms with Gasteiger partial charge in [0.05, 0.1) is 19.3 Å². The fourth-order valence-electron chi connectivity index (χ4n) is 2.09. The molecule has 0 aromatic rings. The number of rotatable bonds is 5. The van der Waals surface area contributed by atoms with Gasteiger partial charge in [-0.15, -0.1) is 0 Å². The lowest BCUT2D eigenvalue weighted by atomic mass is 10.2. The Hall–Kier alpha value is -1.18. The molecule has 1 saturated heterocycles. The van der Waals surface area contributed by atoms with Crippen LogP contribution in [0.3, 0.4) is 0 Å². The highest BCUT2D eigenvalue weighted by atomic mass is 16.5. The predicted molar refractivity (Wildman–Crippen MR) is 69.8 cm³/mol. The normalized spacial score (nSPS) is 23.9. The van der Waals surface area contributed by atoms with Gasteiger partial charge in [-0.25, -0.2) is 4.79 Å². The van der Waals surface area contributed by atoms with E-state index in [0.29, 0.717) is 13.2 Å². The van der Waals surface area contributed by atoms with Crippen LogP contribution in [0.1, 0.15) is 12.8 Å². The molecule has 19 heavy (non-hydrogen) atoms. The Morgan fingerprint density at radius 3 is 2.84 bits per heavy atom. The monoisotopic (exact) mass is 270 g/mol. The largest absolute Gasteiger partial charge is 0.374 e. The molecule has 7 nitrogen and oxygen atoms in total. The molecule has 0 spiro atoms. The molecule has 1 aliphatic carbocycles. The number of nitrogens with one attached hydrogen (secondary N) is 3. The number of amides is 3. The molecule has 2 aliphatic rings. The highest BCUT2D eigenvalue weighted by molar-refractivity contribution is 5.95. The smallest absolute Gasteiger partial charge is 0.321 e. The van der Waals surface area contributed by atoms with Gasteiger partial charge in [0.25, 0.3) is 0 Å². The highest BCUT2D eigenvalue weighted by Gasteiger charge is 2.25. The van der Waals surface area contributed by atoms with E-state index in [2.05, 4.69) is 16.0 Å². The molecule has 1 atom stereocenters. The Labute approximate surface area is 113 Å². The molecule has 2 rings (SSSR count). The molecule has 1 saturated carbocycles. The second-order valence-electron chi connectivity index (χ2n) is 5.08. The average molecular weight is 270 g/mol. The van der Waals surface area contributed by atoms with Gasteiger partial charge in [0.1, 0.15) is 0 Å². The molecule has 3 N–H and O–H groups in total. The Balaban J connectivity index is 1.67. The van der Waals surface area contributed by atoms with Crippen LogP contribution in [-0.4, -0.2) is 68.8 Å². The van der Waals surface area contributed by atoms with Crippen molar-refractivity contribution in [1.29, 1.82) is 0 Å². The molecule has 2 fully saturated rings. The second-order valence-corrected chi connectivity index (χ2v) is 5.08. The van der Waals surface area contributed by atoms with Crippen molar-refractivity contribution in [2.45, 2.75) is 25.0 Å². The van der Waals surface area contributed by atoms with E-state index >= 15 is 0 Å². The first-order chi connectivity index (χ1) is 9.17. The standard InChI is InChI=1S/C12H22N4O3/c1-13-6-10-7-16(4-5-19-10)8-11(17)15-12(18)14-9-2-3-9/h9-10,13H,2-8H2,1H3,(H2,14,15,17,18). The van der Waals surface area contributed by atoms with E-state index in [1.807, 2.05) is 11.9 Å². The number of likely N-dealkylation sites (N-methyl/N-ethyl adjacent to an activating group) is 1. The van der Waals surface area contributed by atoms with Crippen molar-refractivity contribution in [3.05, 3.63) is 0 Å². The summed E-state index contributed by atoms with van der Waals surface area (Å²) in [6.07, 6.45) is 2.12. The van der Waals surface area contributed by atoms with Crippen LogP contribution in [0.25, 0.3) is 0 Å². The van der Waals surface area contributed by atoms with Crippen molar-refractivity contribution in [2.75, 3.05) is 39.8 Å². The van der Waals surface area contributed by atoms with E-state index in [4.69, 9.17) is 4.74 Å². The minimum absolute atomic E-state index is 0.104. The molecule has 0 aromatic heterocycles. The van der Waals surface area contributed by atoms with Crippen molar-refractivity contribution in [1.82, 2.24) is 20.9 Å². The van der Waals surface area contributed by atoms with E-state index in [-0.39, 0.29) is 30.6 Å². The van der Waals surface area contributed by atoms with Crippen LogP contribution in [-0.2, 0) is 9.53 Å². The van der Waals surface area contributed by atoms with Crippen LogP contribution in [0.5, 0.6) is 0 Å². The summed E-state index contributed by atoms with van der Waals surface area (Å²) in [5.41, 5.74) is 0. The number of hydrogen-bond donors (Lipinski definition) is 3. The molecule has 0 bridgehead atoms. The minimum atomic E-state index is -0.382. The van der Waals surface area contributed by atoms with Crippen molar-refractivity contribution in [3.8, 4) is 0 Å². The van der Waals surface area contributed by atoms with Crippen LogP contribution < -0.4 is 16.0 Å². The zero-order chi connectivity index (χ0) is 13.7. The Morgan fingerprint density at radius 2 is 2.16 bits per heavy atom. The summed E-state index contributed by atoms with van der Waals surface area (Å²) < 4.78 is 5.56. The van der Waals surface area contributed by atoms with Gasteiger partial charge in [0, 0.05) is 25.7 Å². The van der Waals surface area contributed by atoms with Crippen molar-refractivity contribution in [3.63, 3.8) is 0 Å². The zero-order valence-corrected chi connectivity index (χ0v) is 11.3. The maximum atomic E-state index is 11.7. The maximum absolute atomic E-state index is 11.7. The second kappa shape index (κ2) is 6.83. The summed E-state index contributed by atoms with van der Waals surface area (Å²) in [7, 11) is 1.87. The van der Waals surface area contributed by atoms with E-state index in [1.165, 1.54) is 0 Å². The van der Waals surface area contributed by atoms with Crippen molar-refractivity contribution < 1.29 is 14.3 Å².